The molecule has 0 aliphatic heterocycles. The molecule has 2 aromatic rings. The van der Waals surface area contributed by atoms with Crippen LogP contribution in [0.1, 0.15) is 10.4 Å². The van der Waals surface area contributed by atoms with Crippen LogP contribution in [0, 0.1) is 0 Å². The summed E-state index contributed by atoms with van der Waals surface area (Å²) in [4.78, 5) is 10.7. The zero-order chi connectivity index (χ0) is 13.3. The third-order valence-corrected chi connectivity index (χ3v) is 2.58. The van der Waals surface area contributed by atoms with Crippen LogP contribution in [0.5, 0.6) is 23.0 Å². The molecule has 0 fully saturated rings. The average molecular weight is 246 g/mol. The van der Waals surface area contributed by atoms with Crippen LogP contribution in [0.2, 0.25) is 0 Å². The van der Waals surface area contributed by atoms with Gasteiger partial charge in [-0.3, -0.25) is 4.79 Å². The number of carbonyl (C=O) groups is 1. The number of carbonyl (C=O) groups excluding carboxylic acids is 1. The highest BCUT2D eigenvalue weighted by atomic mass is 16.3. The van der Waals surface area contributed by atoms with Crippen LogP contribution in [0.25, 0.3) is 11.1 Å². The first-order valence-electron chi connectivity index (χ1n) is 5.07. The van der Waals surface area contributed by atoms with E-state index < -0.39 is 17.2 Å². The van der Waals surface area contributed by atoms with E-state index in [0.717, 1.165) is 0 Å². The Morgan fingerprint density at radius 3 is 2.00 bits per heavy atom. The molecule has 92 valence electrons. The van der Waals surface area contributed by atoms with Crippen molar-refractivity contribution in [3.8, 4) is 34.1 Å². The number of aromatic hydroxyl groups is 4. The normalized spacial score (nSPS) is 10.2. The number of phenols is 4. The minimum atomic E-state index is -0.748. The lowest BCUT2D eigenvalue weighted by atomic mass is 10.0. The summed E-state index contributed by atoms with van der Waals surface area (Å²) in [5, 5.41) is 37.8. The van der Waals surface area contributed by atoms with Crippen LogP contribution < -0.4 is 0 Å². The Hall–Kier alpha value is -2.69. The van der Waals surface area contributed by atoms with Crippen molar-refractivity contribution in [1.29, 1.82) is 0 Å². The van der Waals surface area contributed by atoms with E-state index in [-0.39, 0.29) is 16.9 Å². The van der Waals surface area contributed by atoms with Gasteiger partial charge in [0, 0.05) is 5.56 Å². The maximum atomic E-state index is 10.7. The summed E-state index contributed by atoms with van der Waals surface area (Å²) < 4.78 is 0. The standard InChI is InChI=1S/C13H10O5/c14-6-8-5-10(12(17)13(18)11(8)16)7-1-3-9(15)4-2-7/h1-6,15-18H. The summed E-state index contributed by atoms with van der Waals surface area (Å²) in [6, 6.07) is 7.08. The van der Waals surface area contributed by atoms with E-state index in [9.17, 15) is 20.1 Å². The topological polar surface area (TPSA) is 98.0 Å². The Kier molecular flexibility index (Phi) is 2.81. The van der Waals surface area contributed by atoms with Gasteiger partial charge >= 0.3 is 0 Å². The van der Waals surface area contributed by atoms with E-state index in [2.05, 4.69) is 0 Å². The van der Waals surface area contributed by atoms with Crippen molar-refractivity contribution >= 4 is 6.29 Å². The summed E-state index contributed by atoms with van der Waals surface area (Å²) in [6.45, 7) is 0. The summed E-state index contributed by atoms with van der Waals surface area (Å²) >= 11 is 0. The zero-order valence-corrected chi connectivity index (χ0v) is 9.16. The maximum absolute atomic E-state index is 10.7. The van der Waals surface area contributed by atoms with Crippen molar-refractivity contribution < 1.29 is 25.2 Å². The van der Waals surface area contributed by atoms with E-state index in [0.29, 0.717) is 11.8 Å². The van der Waals surface area contributed by atoms with E-state index in [1.54, 1.807) is 0 Å². The second-order valence-electron chi connectivity index (χ2n) is 3.72. The molecule has 4 N–H and O–H groups in total. The molecule has 2 aromatic carbocycles. The van der Waals surface area contributed by atoms with Crippen LogP contribution >= 0.6 is 0 Å². The Labute approximate surface area is 102 Å². The first-order chi connectivity index (χ1) is 8.54. The van der Waals surface area contributed by atoms with Crippen molar-refractivity contribution in [2.75, 3.05) is 0 Å². The molecule has 0 saturated heterocycles. The summed E-state index contributed by atoms with van der Waals surface area (Å²) in [7, 11) is 0. The summed E-state index contributed by atoms with van der Waals surface area (Å²) in [6.07, 6.45) is 0.373. The van der Waals surface area contributed by atoms with Gasteiger partial charge in [0.1, 0.15) is 5.75 Å². The molecule has 0 aliphatic rings. The van der Waals surface area contributed by atoms with Gasteiger partial charge in [-0.15, -0.1) is 0 Å². The molecule has 0 unspecified atom stereocenters. The molecule has 5 heteroatoms. The quantitative estimate of drug-likeness (QED) is 0.480. The minimum Gasteiger partial charge on any atom is -0.508 e. The van der Waals surface area contributed by atoms with Gasteiger partial charge in [-0.25, -0.2) is 0 Å². The predicted molar refractivity (Wildman–Crippen MR) is 63.9 cm³/mol. The Balaban J connectivity index is 2.67. The predicted octanol–water partition coefficient (Wildman–Crippen LogP) is 1.99. The van der Waals surface area contributed by atoms with Crippen molar-refractivity contribution in [3.05, 3.63) is 35.9 Å². The first kappa shape index (κ1) is 11.8. The van der Waals surface area contributed by atoms with Gasteiger partial charge in [0.25, 0.3) is 0 Å². The van der Waals surface area contributed by atoms with Gasteiger partial charge in [-0.1, -0.05) is 12.1 Å². The Morgan fingerprint density at radius 2 is 1.44 bits per heavy atom. The van der Waals surface area contributed by atoms with Crippen LogP contribution in [-0.4, -0.2) is 26.7 Å². The van der Waals surface area contributed by atoms with Crippen molar-refractivity contribution in [1.82, 2.24) is 0 Å². The molecule has 2 rings (SSSR count). The molecule has 0 radical (unpaired) electrons. The SMILES string of the molecule is O=Cc1cc(-c2ccc(O)cc2)c(O)c(O)c1O. The van der Waals surface area contributed by atoms with E-state index >= 15 is 0 Å². The number of rotatable bonds is 2. The first-order valence-corrected chi connectivity index (χ1v) is 5.07. The third kappa shape index (κ3) is 1.82. The van der Waals surface area contributed by atoms with Crippen molar-refractivity contribution in [2.24, 2.45) is 0 Å². The second kappa shape index (κ2) is 4.29. The highest BCUT2D eigenvalue weighted by Gasteiger charge is 2.17. The Morgan fingerprint density at radius 1 is 0.833 bits per heavy atom. The molecular weight excluding hydrogens is 236 g/mol. The summed E-state index contributed by atoms with van der Waals surface area (Å²) in [5.41, 5.74) is 0.546. The second-order valence-corrected chi connectivity index (χ2v) is 3.72. The smallest absolute Gasteiger partial charge is 0.201 e. The molecule has 0 amide bonds. The minimum absolute atomic E-state index is 0.0526. The van der Waals surface area contributed by atoms with Crippen LogP contribution in [-0.2, 0) is 0 Å². The molecule has 0 heterocycles. The van der Waals surface area contributed by atoms with Crippen LogP contribution in [0.4, 0.5) is 0 Å². The van der Waals surface area contributed by atoms with Gasteiger partial charge in [-0.05, 0) is 23.8 Å². The van der Waals surface area contributed by atoms with Gasteiger partial charge in [0.05, 0.1) is 5.56 Å². The number of benzene rings is 2. The number of hydrogen-bond donors (Lipinski definition) is 4. The number of phenolic OH excluding ortho intramolecular Hbond substituents is 4. The van der Waals surface area contributed by atoms with Gasteiger partial charge in [0.15, 0.2) is 17.8 Å². The van der Waals surface area contributed by atoms with Crippen LogP contribution in [0.3, 0.4) is 0 Å². The zero-order valence-electron chi connectivity index (χ0n) is 9.16. The van der Waals surface area contributed by atoms with E-state index in [4.69, 9.17) is 5.11 Å². The third-order valence-electron chi connectivity index (χ3n) is 2.58. The maximum Gasteiger partial charge on any atom is 0.201 e. The number of hydrogen-bond acceptors (Lipinski definition) is 5. The monoisotopic (exact) mass is 246 g/mol. The average Bonchev–Trinajstić information content (AvgIpc) is 2.38. The molecule has 0 atom stereocenters. The van der Waals surface area contributed by atoms with Crippen molar-refractivity contribution in [2.45, 2.75) is 0 Å². The van der Waals surface area contributed by atoms with E-state index in [1.807, 2.05) is 0 Å². The van der Waals surface area contributed by atoms with Gasteiger partial charge in [-0.2, -0.15) is 0 Å². The largest absolute Gasteiger partial charge is 0.508 e. The molecule has 0 saturated carbocycles. The molecule has 0 aliphatic carbocycles. The lowest BCUT2D eigenvalue weighted by Gasteiger charge is -2.10. The van der Waals surface area contributed by atoms with Gasteiger partial charge < -0.3 is 20.4 Å². The number of aldehydes is 1. The molecule has 5 nitrogen and oxygen atoms in total. The van der Waals surface area contributed by atoms with Crippen molar-refractivity contribution in [3.63, 3.8) is 0 Å². The lowest BCUT2D eigenvalue weighted by Crippen LogP contribution is -1.87. The fraction of sp³-hybridized carbons (Fsp3) is 0. The van der Waals surface area contributed by atoms with Gasteiger partial charge in [0.2, 0.25) is 5.75 Å². The highest BCUT2D eigenvalue weighted by molar-refractivity contribution is 5.88. The fourth-order valence-corrected chi connectivity index (χ4v) is 1.62. The lowest BCUT2D eigenvalue weighted by molar-refractivity contribution is 0.112. The highest BCUT2D eigenvalue weighted by Crippen LogP contribution is 2.44. The molecule has 0 spiro atoms. The Bertz CT molecular complexity index is 602. The van der Waals surface area contributed by atoms with Crippen LogP contribution in [0.15, 0.2) is 30.3 Å². The summed E-state index contributed by atoms with van der Waals surface area (Å²) in [5.74, 6) is -1.88. The molecule has 18 heavy (non-hydrogen) atoms. The molecule has 0 bridgehead atoms. The molecule has 0 aromatic heterocycles. The van der Waals surface area contributed by atoms with E-state index in [1.165, 1.54) is 30.3 Å². The molecular formula is C13H10O5. The fourth-order valence-electron chi connectivity index (χ4n) is 1.62.